The molecule has 1 fully saturated rings. The van der Waals surface area contributed by atoms with Crippen LogP contribution in [0.25, 0.3) is 0 Å². The number of benzene rings is 1. The molecule has 0 unspecified atom stereocenters. The summed E-state index contributed by atoms with van der Waals surface area (Å²) >= 11 is 0. The molecule has 2 heterocycles. The van der Waals surface area contributed by atoms with Crippen molar-refractivity contribution in [3.63, 3.8) is 0 Å². The number of fused-ring (bicyclic) bond motifs is 1. The lowest BCUT2D eigenvalue weighted by atomic mass is 9.96. The van der Waals surface area contributed by atoms with Crippen LogP contribution in [0, 0.1) is 5.92 Å². The number of rotatable bonds is 5. The zero-order valence-corrected chi connectivity index (χ0v) is 18.8. The summed E-state index contributed by atoms with van der Waals surface area (Å²) in [5.74, 6) is -0.256. The zero-order chi connectivity index (χ0) is 21.6. The second-order valence-electron chi connectivity index (χ2n) is 7.78. The van der Waals surface area contributed by atoms with E-state index < -0.39 is 20.2 Å². The maximum Gasteiger partial charge on any atom is 0.281 e. The highest BCUT2D eigenvalue weighted by molar-refractivity contribution is 7.89. The van der Waals surface area contributed by atoms with Gasteiger partial charge in [-0.1, -0.05) is 0 Å². The van der Waals surface area contributed by atoms with E-state index in [0.29, 0.717) is 38.9 Å². The number of hydrogen-bond donors (Lipinski definition) is 0. The van der Waals surface area contributed by atoms with E-state index in [1.165, 1.54) is 47.2 Å². The fourth-order valence-electron chi connectivity index (χ4n) is 3.76. The minimum absolute atomic E-state index is 0.0196. The zero-order valence-electron chi connectivity index (χ0n) is 17.2. The molecule has 9 nitrogen and oxygen atoms in total. The molecule has 1 amide bonds. The lowest BCUT2D eigenvalue weighted by Crippen LogP contribution is -2.47. The van der Waals surface area contributed by atoms with Crippen LogP contribution in [0.2, 0.25) is 0 Å². The molecule has 0 bridgehead atoms. The first-order valence-electron chi connectivity index (χ1n) is 9.50. The number of anilines is 1. The third-order valence-electron chi connectivity index (χ3n) is 5.58. The van der Waals surface area contributed by atoms with E-state index >= 15 is 0 Å². The largest absolute Gasteiger partial charge is 0.312 e. The highest BCUT2D eigenvalue weighted by Crippen LogP contribution is 2.33. The van der Waals surface area contributed by atoms with Crippen molar-refractivity contribution in [3.05, 3.63) is 23.8 Å². The van der Waals surface area contributed by atoms with Crippen molar-refractivity contribution in [2.24, 2.45) is 5.92 Å². The topological polar surface area (TPSA) is 98.3 Å². The second-order valence-corrected chi connectivity index (χ2v) is 12.1. The Kier molecular flexibility index (Phi) is 6.08. The van der Waals surface area contributed by atoms with Crippen LogP contribution in [0.15, 0.2) is 23.1 Å². The molecule has 2 aliphatic rings. The molecule has 0 atom stereocenters. The molecular weight excluding hydrogens is 416 g/mol. The van der Waals surface area contributed by atoms with Crippen molar-refractivity contribution in [3.8, 4) is 0 Å². The SMILES string of the molecule is CN(C)S(=O)(=O)c1ccc2c(c1)CCN2C(=O)C1CCN(S(=O)(=O)N(C)C)CC1. The van der Waals surface area contributed by atoms with E-state index in [-0.39, 0.29) is 16.7 Å². The van der Waals surface area contributed by atoms with E-state index in [0.717, 1.165) is 11.3 Å². The van der Waals surface area contributed by atoms with E-state index in [1.54, 1.807) is 17.0 Å². The van der Waals surface area contributed by atoms with Crippen LogP contribution in [0.5, 0.6) is 0 Å². The molecule has 162 valence electrons. The molecule has 3 rings (SSSR count). The highest BCUT2D eigenvalue weighted by atomic mass is 32.2. The Labute approximate surface area is 173 Å². The number of piperidine rings is 1. The summed E-state index contributed by atoms with van der Waals surface area (Å²) in [5, 5.41) is 0. The Hall–Kier alpha value is -1.53. The van der Waals surface area contributed by atoms with Gasteiger partial charge in [-0.3, -0.25) is 4.79 Å². The van der Waals surface area contributed by atoms with Gasteiger partial charge in [-0.25, -0.2) is 12.7 Å². The van der Waals surface area contributed by atoms with Gasteiger partial charge >= 0.3 is 0 Å². The van der Waals surface area contributed by atoms with E-state index in [2.05, 4.69) is 0 Å². The van der Waals surface area contributed by atoms with Gasteiger partial charge in [-0.15, -0.1) is 0 Å². The van der Waals surface area contributed by atoms with Crippen LogP contribution in [-0.2, 0) is 31.4 Å². The first-order chi connectivity index (χ1) is 13.5. The van der Waals surface area contributed by atoms with Gasteiger partial charge in [0.15, 0.2) is 0 Å². The van der Waals surface area contributed by atoms with Gasteiger partial charge < -0.3 is 4.90 Å². The van der Waals surface area contributed by atoms with Gasteiger partial charge in [0.25, 0.3) is 10.2 Å². The van der Waals surface area contributed by atoms with Gasteiger partial charge in [-0.2, -0.15) is 17.0 Å². The van der Waals surface area contributed by atoms with E-state index in [1.807, 2.05) is 0 Å². The fraction of sp³-hybridized carbons (Fsp3) is 0.611. The van der Waals surface area contributed by atoms with Crippen molar-refractivity contribution in [2.45, 2.75) is 24.2 Å². The standard InChI is InChI=1S/C18H28N4O5S2/c1-19(2)28(24,25)16-5-6-17-15(13-16)9-12-22(17)18(23)14-7-10-21(11-8-14)29(26,27)20(3)4/h5-6,13-14H,7-12H2,1-4H3. The Morgan fingerprint density at radius 3 is 2.14 bits per heavy atom. The lowest BCUT2D eigenvalue weighted by molar-refractivity contribution is -0.123. The monoisotopic (exact) mass is 444 g/mol. The summed E-state index contributed by atoms with van der Waals surface area (Å²) in [7, 11) is -1.01. The van der Waals surface area contributed by atoms with Crippen LogP contribution in [-0.4, -0.2) is 83.5 Å². The van der Waals surface area contributed by atoms with Crippen LogP contribution >= 0.6 is 0 Å². The second kappa shape index (κ2) is 7.95. The van der Waals surface area contributed by atoms with Gasteiger partial charge in [0, 0.05) is 59.4 Å². The third kappa shape index (κ3) is 4.06. The maximum atomic E-state index is 13.1. The molecule has 0 radical (unpaired) electrons. The molecule has 1 aromatic rings. The van der Waals surface area contributed by atoms with Gasteiger partial charge in [0.2, 0.25) is 15.9 Å². The summed E-state index contributed by atoms with van der Waals surface area (Å²) in [5.41, 5.74) is 1.59. The number of amides is 1. The van der Waals surface area contributed by atoms with Gasteiger partial charge in [0.05, 0.1) is 4.90 Å². The maximum absolute atomic E-state index is 13.1. The highest BCUT2D eigenvalue weighted by Gasteiger charge is 2.36. The summed E-state index contributed by atoms with van der Waals surface area (Å²) in [6.07, 6.45) is 1.56. The normalized spacial score (nSPS) is 19.2. The molecule has 0 N–H and O–H groups in total. The Balaban J connectivity index is 1.73. The van der Waals surface area contributed by atoms with E-state index in [9.17, 15) is 21.6 Å². The number of nitrogens with zero attached hydrogens (tertiary/aromatic N) is 4. The Bertz CT molecular complexity index is 997. The molecule has 11 heteroatoms. The lowest BCUT2D eigenvalue weighted by Gasteiger charge is -2.33. The Morgan fingerprint density at radius 2 is 1.59 bits per heavy atom. The van der Waals surface area contributed by atoms with Crippen molar-refractivity contribution >= 4 is 31.8 Å². The van der Waals surface area contributed by atoms with Crippen LogP contribution < -0.4 is 4.90 Å². The third-order valence-corrected chi connectivity index (χ3v) is 9.33. The van der Waals surface area contributed by atoms with Gasteiger partial charge in [0.1, 0.15) is 0 Å². The minimum atomic E-state index is -3.52. The average Bonchev–Trinajstić information content (AvgIpc) is 3.10. The quantitative estimate of drug-likeness (QED) is 0.652. The van der Waals surface area contributed by atoms with Gasteiger partial charge in [-0.05, 0) is 43.0 Å². The molecular formula is C18H28N4O5S2. The van der Waals surface area contributed by atoms with Crippen molar-refractivity contribution < 1.29 is 21.6 Å². The molecule has 0 saturated carbocycles. The van der Waals surface area contributed by atoms with E-state index in [4.69, 9.17) is 0 Å². The van der Waals surface area contributed by atoms with Crippen LogP contribution in [0.3, 0.4) is 0 Å². The molecule has 0 spiro atoms. The van der Waals surface area contributed by atoms with Crippen molar-refractivity contribution in [1.82, 2.24) is 12.9 Å². The number of carbonyl (C=O) groups is 1. The summed E-state index contributed by atoms with van der Waals surface area (Å²) in [6.45, 7) is 1.14. The Morgan fingerprint density at radius 1 is 0.966 bits per heavy atom. The smallest absolute Gasteiger partial charge is 0.281 e. The summed E-state index contributed by atoms with van der Waals surface area (Å²) in [6, 6.07) is 4.87. The predicted molar refractivity (Wildman–Crippen MR) is 110 cm³/mol. The molecule has 1 saturated heterocycles. The average molecular weight is 445 g/mol. The summed E-state index contributed by atoms with van der Waals surface area (Å²) in [4.78, 5) is 15.0. The number of carbonyl (C=O) groups excluding carboxylic acids is 1. The molecule has 0 aromatic heterocycles. The van der Waals surface area contributed by atoms with Crippen LogP contribution in [0.1, 0.15) is 18.4 Å². The molecule has 1 aromatic carbocycles. The fourth-order valence-corrected chi connectivity index (χ4v) is 5.85. The first kappa shape index (κ1) is 22.2. The predicted octanol–water partition coefficient (Wildman–Crippen LogP) is 0.344. The number of sulfonamides is 1. The van der Waals surface area contributed by atoms with Crippen LogP contribution in [0.4, 0.5) is 5.69 Å². The minimum Gasteiger partial charge on any atom is -0.312 e. The van der Waals surface area contributed by atoms with Crippen molar-refractivity contribution in [1.29, 1.82) is 0 Å². The molecule has 0 aliphatic carbocycles. The summed E-state index contributed by atoms with van der Waals surface area (Å²) < 4.78 is 52.9. The first-order valence-corrected chi connectivity index (χ1v) is 12.3. The molecule has 29 heavy (non-hydrogen) atoms. The molecule has 2 aliphatic heterocycles. The van der Waals surface area contributed by atoms with Crippen molar-refractivity contribution in [2.75, 3.05) is 52.7 Å². The number of hydrogen-bond acceptors (Lipinski definition) is 5.